The van der Waals surface area contributed by atoms with Gasteiger partial charge in [0.15, 0.2) is 0 Å². The van der Waals surface area contributed by atoms with Gasteiger partial charge in [0.1, 0.15) is 98.7 Å². The summed E-state index contributed by atoms with van der Waals surface area (Å²) in [7, 11) is 0. The number of aliphatic carboxylic acids is 1. The van der Waals surface area contributed by atoms with Gasteiger partial charge in [-0.1, -0.05) is 62.5 Å². The molecule has 32 heteroatoms. The Morgan fingerprint density at radius 1 is 0.670 bits per heavy atom. The molecule has 0 spiro atoms. The molecule has 10 bridgehead atoms. The molecule has 7 amide bonds. The van der Waals surface area contributed by atoms with E-state index in [4.69, 9.17) is 25.8 Å². The molecule has 8 heterocycles. The molecule has 1 aliphatic heterocycles. The van der Waals surface area contributed by atoms with Crippen molar-refractivity contribution < 1.29 is 58.8 Å². The van der Waals surface area contributed by atoms with E-state index in [0.717, 1.165) is 45.3 Å². The number of carbonyl (C=O) groups is 8. The van der Waals surface area contributed by atoms with Gasteiger partial charge in [-0.15, -0.1) is 68.0 Å². The smallest absolute Gasteiger partial charge is 0.351 e. The molecular weight excluding hydrogens is 1290 g/mol. The first kappa shape index (κ1) is 64.3. The lowest BCUT2D eigenvalue weighted by Gasteiger charge is -2.26. The number of aryl methyl sites for hydroxylation is 1. The molecule has 12 N–H and O–H groups in total. The predicted molar refractivity (Wildman–Crippen MR) is 340 cm³/mol. The molecule has 0 saturated heterocycles. The van der Waals surface area contributed by atoms with E-state index in [0.29, 0.717) is 48.0 Å². The molecule has 9 aromatic rings. The van der Waals surface area contributed by atoms with Crippen LogP contribution in [0.4, 0.5) is 0 Å². The number of aliphatic hydroxyl groups is 2. The molecule has 0 radical (unpaired) electrons. The summed E-state index contributed by atoms with van der Waals surface area (Å²) in [5.41, 5.74) is 6.82. The third kappa shape index (κ3) is 15.0. The number of thiazole rings is 6. The standard InChI is InChI=1S/C59H52N14O12S6/c1-25(16-17-74)42-57-70-39(24-89-57)55-67-36(21-86-55)44-32(14-15-33(64-44)54-68-37(22-87-54)49(80)62-26(2)47(78)63-27(3)59(84)85)53-61-20-40(91-53)51(82)66-35(19-41(60)76)56-73-43(28(4)90-56)52(83)72-45(46(77)30-8-6-5-7-9-30)58-69-38(23-88-58)50(81)65-34(48(79)71-42)18-29-10-12-31(75)13-11-29/h5-15,20-25,34-35,42,45-46,74-75,77H,2-3,16-19H2,1,4H3,(H2,60,76)(H,62,80)(H,63,78)(H,65,81)(H,66,82)(H,71,79)(H,72,83)(H,84,85). The number of carboxylic acids is 1. The van der Waals surface area contributed by atoms with Crippen molar-refractivity contribution in [3.8, 4) is 49.1 Å². The molecule has 91 heavy (non-hydrogen) atoms. The van der Waals surface area contributed by atoms with Crippen LogP contribution in [0.1, 0.15) is 116 Å². The Hall–Kier alpha value is -9.67. The first-order valence-electron chi connectivity index (χ1n) is 27.3. The Labute approximate surface area is 540 Å². The van der Waals surface area contributed by atoms with E-state index in [2.05, 4.69) is 59.7 Å². The highest BCUT2D eigenvalue weighted by atomic mass is 32.1. The number of pyridine rings is 1. The number of primary amides is 1. The van der Waals surface area contributed by atoms with Crippen LogP contribution in [-0.4, -0.2) is 115 Å². The number of hydrogen-bond donors (Lipinski definition) is 11. The summed E-state index contributed by atoms with van der Waals surface area (Å²) in [6.07, 6.45) is -0.363. The number of nitrogens with zero attached hydrogens (tertiary/aromatic N) is 7. The Kier molecular flexibility index (Phi) is 19.8. The summed E-state index contributed by atoms with van der Waals surface area (Å²) >= 11 is 6.43. The second-order valence-electron chi connectivity index (χ2n) is 20.3. The number of rotatable bonds is 15. The van der Waals surface area contributed by atoms with Crippen LogP contribution in [0.3, 0.4) is 0 Å². The fourth-order valence-electron chi connectivity index (χ4n) is 9.15. The number of benzene rings is 2. The molecule has 0 fully saturated rings. The van der Waals surface area contributed by atoms with Gasteiger partial charge in [0.2, 0.25) is 11.8 Å². The van der Waals surface area contributed by atoms with Gasteiger partial charge in [-0.05, 0) is 54.7 Å². The van der Waals surface area contributed by atoms with Crippen LogP contribution in [0.5, 0.6) is 5.75 Å². The van der Waals surface area contributed by atoms with Crippen LogP contribution >= 0.6 is 68.0 Å². The second kappa shape index (κ2) is 28.0. The van der Waals surface area contributed by atoms with Crippen molar-refractivity contribution in [1.82, 2.24) is 66.8 Å². The number of fused-ring (bicyclic) bond motifs is 14. The van der Waals surface area contributed by atoms with Crippen molar-refractivity contribution in [3.05, 3.63) is 172 Å². The molecule has 2 aromatic carbocycles. The maximum absolute atomic E-state index is 14.8. The largest absolute Gasteiger partial charge is 0.508 e. The number of carboxylic acid groups (broad SMARTS) is 1. The van der Waals surface area contributed by atoms with Gasteiger partial charge < -0.3 is 58.1 Å². The summed E-state index contributed by atoms with van der Waals surface area (Å²) in [5, 5.41) is 65.3. The average Bonchev–Trinajstić information content (AvgIpc) is 1.72. The number of hydrogen-bond acceptors (Lipinski definition) is 24. The average molecular weight is 1340 g/mol. The molecule has 10 rings (SSSR count). The lowest BCUT2D eigenvalue weighted by Crippen LogP contribution is -2.49. The summed E-state index contributed by atoms with van der Waals surface area (Å²) in [6.45, 7) is 9.96. The Morgan fingerprint density at radius 2 is 1.35 bits per heavy atom. The summed E-state index contributed by atoms with van der Waals surface area (Å²) in [6, 6.07) is 13.3. The molecule has 0 saturated carbocycles. The van der Waals surface area contributed by atoms with Crippen molar-refractivity contribution in [2.45, 2.75) is 63.4 Å². The molecule has 466 valence electrons. The summed E-state index contributed by atoms with van der Waals surface area (Å²) in [5.74, 6) is -7.46. The topological polar surface area (TPSA) is 406 Å². The van der Waals surface area contributed by atoms with Crippen LogP contribution in [0.15, 0.2) is 119 Å². The molecule has 6 unspecified atom stereocenters. The Bertz CT molecular complexity index is 4310. The van der Waals surface area contributed by atoms with Crippen molar-refractivity contribution >= 4 is 115 Å². The first-order chi connectivity index (χ1) is 43.6. The fourth-order valence-corrected chi connectivity index (χ4v) is 14.4. The van der Waals surface area contributed by atoms with E-state index < -0.39 is 101 Å². The van der Waals surface area contributed by atoms with Gasteiger partial charge in [-0.3, -0.25) is 33.6 Å². The molecule has 0 aliphatic carbocycles. The van der Waals surface area contributed by atoms with Gasteiger partial charge in [0, 0.05) is 45.0 Å². The molecule has 7 aromatic heterocycles. The number of nitrogens with two attached hydrogens (primary N) is 1. The lowest BCUT2D eigenvalue weighted by molar-refractivity contribution is -0.134. The van der Waals surface area contributed by atoms with E-state index >= 15 is 0 Å². The number of amides is 7. The number of carbonyl (C=O) groups excluding carboxylic acids is 7. The third-order valence-corrected chi connectivity index (χ3v) is 19.6. The number of aliphatic hydroxyl groups excluding tert-OH is 2. The normalized spacial score (nSPS) is 16.8. The van der Waals surface area contributed by atoms with Gasteiger partial charge in [-0.25, -0.2) is 39.7 Å². The minimum absolute atomic E-state index is 0.0236. The van der Waals surface area contributed by atoms with Crippen molar-refractivity contribution in [1.29, 1.82) is 0 Å². The monoisotopic (exact) mass is 1340 g/mol. The number of aromatic nitrogens is 7. The number of phenols is 1. The molecule has 6 atom stereocenters. The highest BCUT2D eigenvalue weighted by molar-refractivity contribution is 7.17. The van der Waals surface area contributed by atoms with Crippen LogP contribution in [0, 0.1) is 12.8 Å². The summed E-state index contributed by atoms with van der Waals surface area (Å²) < 4.78 is 0. The quantitative estimate of drug-likeness (QED) is 0.0485. The zero-order valence-electron chi connectivity index (χ0n) is 47.7. The van der Waals surface area contributed by atoms with Crippen LogP contribution in [0.2, 0.25) is 0 Å². The number of aromatic hydroxyl groups is 1. The maximum atomic E-state index is 14.8. The lowest BCUT2D eigenvalue weighted by atomic mass is 9.97. The minimum atomic E-state index is -1.49. The van der Waals surface area contributed by atoms with E-state index in [9.17, 15) is 53.7 Å². The van der Waals surface area contributed by atoms with Crippen molar-refractivity contribution in [3.63, 3.8) is 0 Å². The number of phenolic OH excluding ortho intramolecular Hbond substituents is 1. The zero-order valence-corrected chi connectivity index (χ0v) is 52.6. The van der Waals surface area contributed by atoms with E-state index in [-0.39, 0.29) is 73.6 Å². The van der Waals surface area contributed by atoms with Crippen molar-refractivity contribution in [2.75, 3.05) is 6.61 Å². The third-order valence-electron chi connectivity index (χ3n) is 13.9. The van der Waals surface area contributed by atoms with E-state index in [1.165, 1.54) is 51.8 Å². The van der Waals surface area contributed by atoms with Gasteiger partial charge in [0.25, 0.3) is 29.5 Å². The molecule has 26 nitrogen and oxygen atoms in total. The SMILES string of the molecule is C=C(NC(=O)C(=C)NC(=O)c1csc(-c2ccc3c(n2)-c2csc(n2)-c2csc(n2)C(C(C)CCO)NC(=O)C(Cc2ccc(O)cc2)NC(=O)c2csc(n2)C(C(O)c2ccccc2)NC(=O)c2nc(sc2C)C(CC(N)=O)NC(=O)c2cnc-3s2)n1)C(=O)O. The highest BCUT2D eigenvalue weighted by Gasteiger charge is 2.35. The summed E-state index contributed by atoms with van der Waals surface area (Å²) in [4.78, 5) is 141. The van der Waals surface area contributed by atoms with Crippen LogP contribution < -0.4 is 37.6 Å². The maximum Gasteiger partial charge on any atom is 0.351 e. The zero-order chi connectivity index (χ0) is 64.8. The van der Waals surface area contributed by atoms with Gasteiger partial charge in [-0.2, -0.15) is 0 Å². The first-order valence-corrected chi connectivity index (χ1v) is 32.4. The highest BCUT2D eigenvalue weighted by Crippen LogP contribution is 2.40. The van der Waals surface area contributed by atoms with Gasteiger partial charge in [0.05, 0.1) is 36.1 Å². The fraction of sp³-hybridized carbons (Fsp3) is 0.203. The second-order valence-corrected chi connectivity index (χ2v) is 26.1. The molecular formula is C59H52N14O12S6. The number of nitrogens with one attached hydrogen (secondary N) is 6. The minimum Gasteiger partial charge on any atom is -0.508 e. The predicted octanol–water partition coefficient (Wildman–Crippen LogP) is 6.54. The van der Waals surface area contributed by atoms with Crippen LogP contribution in [-0.2, 0) is 25.6 Å². The Balaban J connectivity index is 1.05. The van der Waals surface area contributed by atoms with E-state index in [1.807, 2.05) is 12.2 Å². The van der Waals surface area contributed by atoms with Gasteiger partial charge >= 0.3 is 5.97 Å². The Morgan fingerprint density at radius 3 is 2.08 bits per heavy atom. The molecule has 1 aliphatic rings. The van der Waals surface area contributed by atoms with Crippen LogP contribution in [0.25, 0.3) is 43.4 Å². The van der Waals surface area contributed by atoms with Crippen molar-refractivity contribution in [2.24, 2.45) is 11.7 Å². The van der Waals surface area contributed by atoms with E-state index in [1.54, 1.807) is 72.3 Å².